The first-order valence-electron chi connectivity index (χ1n) is 13.4. The molecule has 0 bridgehead atoms. The van der Waals surface area contributed by atoms with Crippen LogP contribution < -0.4 is 10.5 Å². The third-order valence-corrected chi connectivity index (χ3v) is 7.83. The van der Waals surface area contributed by atoms with Gasteiger partial charge in [-0.2, -0.15) is 0 Å². The Morgan fingerprint density at radius 3 is 2.30 bits per heavy atom. The van der Waals surface area contributed by atoms with Crippen LogP contribution in [0.5, 0.6) is 5.75 Å². The molecule has 1 aromatic carbocycles. The quantitative estimate of drug-likeness (QED) is 0.520. The topological polar surface area (TPSA) is 102 Å². The van der Waals surface area contributed by atoms with Gasteiger partial charge in [-0.3, -0.25) is 9.59 Å². The molecule has 8 nitrogen and oxygen atoms in total. The highest BCUT2D eigenvalue weighted by Gasteiger charge is 2.33. The summed E-state index contributed by atoms with van der Waals surface area (Å²) in [4.78, 5) is 37.1. The summed E-state index contributed by atoms with van der Waals surface area (Å²) in [6.07, 6.45) is 7.81. The summed E-state index contributed by atoms with van der Waals surface area (Å²) in [5.41, 5.74) is 5.65. The SMILES string of the molecule is CCC(F)(CC)CN1CCC(COc2cnc(-c3ccc(C(=O)N4CCCC4C(N)=O)cc3)nc2)CC1. The first-order chi connectivity index (χ1) is 17.8. The molecule has 3 heterocycles. The maximum Gasteiger partial charge on any atom is 0.254 e. The molecule has 2 aliphatic rings. The number of nitrogens with zero attached hydrogens (tertiary/aromatic N) is 4. The molecule has 2 fully saturated rings. The largest absolute Gasteiger partial charge is 0.490 e. The lowest BCUT2D eigenvalue weighted by molar-refractivity contribution is -0.121. The molecule has 1 aromatic heterocycles. The number of likely N-dealkylation sites (tertiary alicyclic amines) is 2. The van der Waals surface area contributed by atoms with Gasteiger partial charge in [0.15, 0.2) is 11.6 Å². The number of hydrogen-bond acceptors (Lipinski definition) is 6. The molecule has 0 aliphatic carbocycles. The number of amides is 2. The van der Waals surface area contributed by atoms with Crippen molar-refractivity contribution in [2.75, 3.05) is 32.8 Å². The van der Waals surface area contributed by atoms with Crippen LogP contribution in [0.1, 0.15) is 62.7 Å². The summed E-state index contributed by atoms with van der Waals surface area (Å²) >= 11 is 0. The van der Waals surface area contributed by atoms with Gasteiger partial charge < -0.3 is 20.3 Å². The molecule has 0 radical (unpaired) electrons. The Hall–Kier alpha value is -3.07. The Morgan fingerprint density at radius 1 is 1.05 bits per heavy atom. The number of carbonyl (C=O) groups is 2. The van der Waals surface area contributed by atoms with Gasteiger partial charge in [0.2, 0.25) is 5.91 Å². The number of piperidine rings is 1. The fraction of sp³-hybridized carbons (Fsp3) is 0.571. The maximum absolute atomic E-state index is 14.7. The van der Waals surface area contributed by atoms with Gasteiger partial charge >= 0.3 is 0 Å². The molecule has 4 rings (SSSR count). The van der Waals surface area contributed by atoms with Gasteiger partial charge in [0, 0.05) is 24.2 Å². The molecule has 0 saturated carbocycles. The molecule has 200 valence electrons. The zero-order valence-electron chi connectivity index (χ0n) is 21.9. The average molecular weight is 512 g/mol. The number of benzene rings is 1. The van der Waals surface area contributed by atoms with E-state index in [1.165, 1.54) is 0 Å². The summed E-state index contributed by atoms with van der Waals surface area (Å²) < 4.78 is 20.6. The fourth-order valence-corrected chi connectivity index (χ4v) is 5.17. The van der Waals surface area contributed by atoms with Crippen molar-refractivity contribution in [3.8, 4) is 17.1 Å². The Bertz CT molecular complexity index is 1050. The molecule has 2 saturated heterocycles. The first kappa shape index (κ1) is 27.0. The van der Waals surface area contributed by atoms with E-state index in [4.69, 9.17) is 10.5 Å². The zero-order valence-corrected chi connectivity index (χ0v) is 21.9. The molecule has 37 heavy (non-hydrogen) atoms. The fourth-order valence-electron chi connectivity index (χ4n) is 5.17. The van der Waals surface area contributed by atoms with E-state index in [2.05, 4.69) is 14.9 Å². The van der Waals surface area contributed by atoms with Crippen LogP contribution in [0.4, 0.5) is 4.39 Å². The van der Waals surface area contributed by atoms with Gasteiger partial charge in [-0.1, -0.05) is 26.0 Å². The van der Waals surface area contributed by atoms with Crippen LogP contribution in [0.2, 0.25) is 0 Å². The number of carbonyl (C=O) groups excluding carboxylic acids is 2. The van der Waals surface area contributed by atoms with E-state index in [-0.39, 0.29) is 5.91 Å². The highest BCUT2D eigenvalue weighted by Crippen LogP contribution is 2.26. The van der Waals surface area contributed by atoms with Crippen molar-refractivity contribution in [3.05, 3.63) is 42.2 Å². The van der Waals surface area contributed by atoms with Crippen molar-refractivity contribution in [2.24, 2.45) is 11.7 Å². The van der Waals surface area contributed by atoms with Crippen molar-refractivity contribution >= 4 is 11.8 Å². The van der Waals surface area contributed by atoms with Crippen LogP contribution >= 0.6 is 0 Å². The highest BCUT2D eigenvalue weighted by molar-refractivity contribution is 5.98. The van der Waals surface area contributed by atoms with Gasteiger partial charge in [0.1, 0.15) is 11.7 Å². The van der Waals surface area contributed by atoms with Gasteiger partial charge in [0.25, 0.3) is 5.91 Å². The molecular formula is C28H38FN5O3. The van der Waals surface area contributed by atoms with E-state index in [1.807, 2.05) is 13.8 Å². The van der Waals surface area contributed by atoms with Crippen LogP contribution in [0, 0.1) is 5.92 Å². The minimum Gasteiger partial charge on any atom is -0.490 e. The Balaban J connectivity index is 1.26. The summed E-state index contributed by atoms with van der Waals surface area (Å²) in [6.45, 7) is 7.29. The van der Waals surface area contributed by atoms with Gasteiger partial charge in [-0.05, 0) is 69.7 Å². The average Bonchev–Trinajstić information content (AvgIpc) is 3.43. The number of nitrogens with two attached hydrogens (primary N) is 1. The van der Waals surface area contributed by atoms with Crippen molar-refractivity contribution in [1.82, 2.24) is 19.8 Å². The number of alkyl halides is 1. The lowest BCUT2D eigenvalue weighted by Gasteiger charge is -2.36. The standard InChI is InChI=1S/C28H38FN5O3/c1-3-28(29,4-2)19-33-14-11-20(12-15-33)18-37-23-16-31-26(32-17-23)21-7-9-22(10-8-21)27(36)34-13-5-6-24(34)25(30)35/h7-10,16-17,20,24H,3-6,11-15,18-19H2,1-2H3,(H2,30,35). The van der Waals surface area contributed by atoms with Crippen LogP contribution in [-0.2, 0) is 4.79 Å². The van der Waals surface area contributed by atoms with E-state index < -0.39 is 17.6 Å². The van der Waals surface area contributed by atoms with E-state index in [9.17, 15) is 14.0 Å². The number of primary amides is 1. The lowest BCUT2D eigenvalue weighted by atomic mass is 9.94. The molecule has 0 spiro atoms. The van der Waals surface area contributed by atoms with Gasteiger partial charge in [-0.25, -0.2) is 14.4 Å². The maximum atomic E-state index is 14.7. The smallest absolute Gasteiger partial charge is 0.254 e. The third kappa shape index (κ3) is 6.63. The minimum atomic E-state index is -1.08. The minimum absolute atomic E-state index is 0.192. The normalized spacial score (nSPS) is 19.2. The number of halogens is 1. The van der Waals surface area contributed by atoms with Crippen molar-refractivity contribution in [1.29, 1.82) is 0 Å². The number of hydrogen-bond donors (Lipinski definition) is 1. The molecule has 1 unspecified atom stereocenters. The van der Waals surface area contributed by atoms with Crippen LogP contribution in [0.3, 0.4) is 0 Å². The number of ether oxygens (including phenoxy) is 1. The number of aromatic nitrogens is 2. The van der Waals surface area contributed by atoms with Gasteiger partial charge in [-0.15, -0.1) is 0 Å². The van der Waals surface area contributed by atoms with E-state index in [0.717, 1.165) is 37.9 Å². The summed E-state index contributed by atoms with van der Waals surface area (Å²) in [7, 11) is 0. The summed E-state index contributed by atoms with van der Waals surface area (Å²) in [5, 5.41) is 0. The second-order valence-electron chi connectivity index (χ2n) is 10.3. The zero-order chi connectivity index (χ0) is 26.4. The Labute approximate surface area is 218 Å². The Morgan fingerprint density at radius 2 is 1.70 bits per heavy atom. The molecular weight excluding hydrogens is 473 g/mol. The summed E-state index contributed by atoms with van der Waals surface area (Å²) in [6, 6.07) is 6.52. The molecule has 1 atom stereocenters. The van der Waals surface area contributed by atoms with E-state index in [1.54, 1.807) is 41.6 Å². The van der Waals surface area contributed by atoms with Crippen molar-refractivity contribution in [2.45, 2.75) is 64.1 Å². The second-order valence-corrected chi connectivity index (χ2v) is 10.3. The van der Waals surface area contributed by atoms with Crippen molar-refractivity contribution < 1.29 is 18.7 Å². The molecule has 2 aromatic rings. The van der Waals surface area contributed by atoms with Crippen LogP contribution in [0.25, 0.3) is 11.4 Å². The van der Waals surface area contributed by atoms with E-state index >= 15 is 0 Å². The van der Waals surface area contributed by atoms with Crippen LogP contribution in [0.15, 0.2) is 36.7 Å². The lowest BCUT2D eigenvalue weighted by Crippen LogP contribution is -2.44. The van der Waals surface area contributed by atoms with E-state index in [0.29, 0.717) is 62.0 Å². The van der Waals surface area contributed by atoms with Crippen molar-refractivity contribution in [3.63, 3.8) is 0 Å². The first-order valence-corrected chi connectivity index (χ1v) is 13.4. The number of rotatable bonds is 10. The molecule has 2 N–H and O–H groups in total. The molecule has 2 aliphatic heterocycles. The Kier molecular flexibility index (Phi) is 8.74. The monoisotopic (exact) mass is 511 g/mol. The second kappa shape index (κ2) is 12.0. The van der Waals surface area contributed by atoms with Crippen LogP contribution in [-0.4, -0.2) is 76.1 Å². The predicted molar refractivity (Wildman–Crippen MR) is 140 cm³/mol. The molecule has 9 heteroatoms. The highest BCUT2D eigenvalue weighted by atomic mass is 19.1. The van der Waals surface area contributed by atoms with Gasteiger partial charge in [0.05, 0.1) is 19.0 Å². The summed E-state index contributed by atoms with van der Waals surface area (Å²) in [5.74, 6) is 0.934. The molecule has 2 amide bonds. The third-order valence-electron chi connectivity index (χ3n) is 7.83. The predicted octanol–water partition coefficient (Wildman–Crippen LogP) is 3.85.